The first-order chi connectivity index (χ1) is 10.1. The number of benzene rings is 1. The largest absolute Gasteiger partial charge is 0.376 e. The number of hydrogen-bond donors (Lipinski definition) is 2. The summed E-state index contributed by atoms with van der Waals surface area (Å²) in [5, 5.41) is 17.0. The molecular formula is C15H19N3O3. The smallest absolute Gasteiger partial charge is 0.292 e. The van der Waals surface area contributed by atoms with Gasteiger partial charge in [0.1, 0.15) is 5.69 Å². The van der Waals surface area contributed by atoms with Gasteiger partial charge in [-0.1, -0.05) is 12.2 Å². The molecule has 0 radical (unpaired) electrons. The summed E-state index contributed by atoms with van der Waals surface area (Å²) in [5.41, 5.74) is 0.831. The number of anilines is 1. The summed E-state index contributed by atoms with van der Waals surface area (Å²) < 4.78 is 0. The number of nitrogens with one attached hydrogen (secondary N) is 2. The third kappa shape index (κ3) is 3.81. The molecule has 0 heterocycles. The average Bonchev–Trinajstić information content (AvgIpc) is 2.48. The predicted octanol–water partition coefficient (Wildman–Crippen LogP) is 2.87. The van der Waals surface area contributed by atoms with Crippen molar-refractivity contribution in [3.8, 4) is 0 Å². The molecular weight excluding hydrogens is 270 g/mol. The highest BCUT2D eigenvalue weighted by molar-refractivity contribution is 5.95. The fourth-order valence-electron chi connectivity index (χ4n) is 2.36. The van der Waals surface area contributed by atoms with Gasteiger partial charge in [-0.2, -0.15) is 0 Å². The highest BCUT2D eigenvalue weighted by Gasteiger charge is 2.19. The summed E-state index contributed by atoms with van der Waals surface area (Å²) in [7, 11) is 0. The second kappa shape index (κ2) is 6.88. The quantitative estimate of drug-likeness (QED) is 0.496. The number of nitro benzene ring substituents is 1. The summed E-state index contributed by atoms with van der Waals surface area (Å²) >= 11 is 0. The number of allylic oxidation sites excluding steroid dienone is 1. The van der Waals surface area contributed by atoms with Crippen molar-refractivity contribution in [3.63, 3.8) is 0 Å². The zero-order chi connectivity index (χ0) is 15.2. The maximum atomic E-state index is 11.9. The second-order valence-corrected chi connectivity index (χ2v) is 4.97. The number of carbonyl (C=O) groups is 1. The van der Waals surface area contributed by atoms with E-state index >= 15 is 0 Å². The fraction of sp³-hybridized carbons (Fsp3) is 0.400. The zero-order valence-electron chi connectivity index (χ0n) is 12.0. The Labute approximate surface area is 123 Å². The average molecular weight is 289 g/mol. The zero-order valence-corrected chi connectivity index (χ0v) is 12.0. The Kier molecular flexibility index (Phi) is 4.92. The minimum absolute atomic E-state index is 0.00222. The van der Waals surface area contributed by atoms with Gasteiger partial charge in [-0.05, 0) is 38.3 Å². The molecule has 6 heteroatoms. The highest BCUT2D eigenvalue weighted by Crippen LogP contribution is 2.28. The van der Waals surface area contributed by atoms with Crippen molar-refractivity contribution < 1.29 is 9.72 Å². The number of nitrogens with zero attached hydrogens (tertiary/aromatic N) is 1. The maximum Gasteiger partial charge on any atom is 0.292 e. The lowest BCUT2D eigenvalue weighted by Crippen LogP contribution is -2.24. The monoisotopic (exact) mass is 289 g/mol. The van der Waals surface area contributed by atoms with Crippen molar-refractivity contribution in [1.82, 2.24) is 5.32 Å². The molecule has 2 N–H and O–H groups in total. The van der Waals surface area contributed by atoms with E-state index in [0.29, 0.717) is 17.8 Å². The Morgan fingerprint density at radius 3 is 2.86 bits per heavy atom. The number of carbonyl (C=O) groups excluding carboxylic acids is 1. The van der Waals surface area contributed by atoms with Crippen LogP contribution < -0.4 is 10.6 Å². The van der Waals surface area contributed by atoms with Gasteiger partial charge in [0.05, 0.1) is 4.92 Å². The summed E-state index contributed by atoms with van der Waals surface area (Å²) in [5.74, 6) is -0.223. The van der Waals surface area contributed by atoms with Crippen LogP contribution in [-0.4, -0.2) is 23.4 Å². The number of amides is 1. The van der Waals surface area contributed by atoms with E-state index in [-0.39, 0.29) is 17.6 Å². The first-order valence-corrected chi connectivity index (χ1v) is 7.10. The van der Waals surface area contributed by atoms with Gasteiger partial charge in [-0.3, -0.25) is 14.9 Å². The Bertz CT molecular complexity index is 569. The Balaban J connectivity index is 2.26. The van der Waals surface area contributed by atoms with E-state index in [0.717, 1.165) is 19.3 Å². The van der Waals surface area contributed by atoms with E-state index < -0.39 is 4.92 Å². The predicted molar refractivity (Wildman–Crippen MR) is 81.5 cm³/mol. The topological polar surface area (TPSA) is 84.3 Å². The van der Waals surface area contributed by atoms with Crippen LogP contribution >= 0.6 is 0 Å². The van der Waals surface area contributed by atoms with Crippen LogP contribution in [0.5, 0.6) is 0 Å². The second-order valence-electron chi connectivity index (χ2n) is 4.97. The number of nitro groups is 1. The van der Waals surface area contributed by atoms with Gasteiger partial charge in [0, 0.05) is 24.2 Å². The van der Waals surface area contributed by atoms with Crippen LogP contribution in [0.4, 0.5) is 11.4 Å². The van der Waals surface area contributed by atoms with Gasteiger partial charge in [0.15, 0.2) is 0 Å². The highest BCUT2D eigenvalue weighted by atomic mass is 16.6. The van der Waals surface area contributed by atoms with Crippen LogP contribution in [0.2, 0.25) is 0 Å². The van der Waals surface area contributed by atoms with Crippen LogP contribution in [-0.2, 0) is 0 Å². The standard InChI is InChI=1S/C15H19N3O3/c1-2-16-15(19)11-8-9-14(18(20)21)13(10-11)17-12-6-4-3-5-7-12/h3-4,8-10,12,17H,2,5-7H2,1H3,(H,16,19). The normalized spacial score (nSPS) is 17.3. The summed E-state index contributed by atoms with van der Waals surface area (Å²) in [6, 6.07) is 4.58. The van der Waals surface area contributed by atoms with Crippen molar-refractivity contribution in [2.45, 2.75) is 32.2 Å². The number of rotatable bonds is 5. The van der Waals surface area contributed by atoms with Gasteiger partial charge < -0.3 is 10.6 Å². The van der Waals surface area contributed by atoms with Crippen molar-refractivity contribution in [2.75, 3.05) is 11.9 Å². The minimum atomic E-state index is -0.428. The first-order valence-electron chi connectivity index (χ1n) is 7.10. The third-order valence-electron chi connectivity index (χ3n) is 3.42. The molecule has 1 aromatic carbocycles. The Morgan fingerprint density at radius 2 is 2.24 bits per heavy atom. The van der Waals surface area contributed by atoms with Crippen molar-refractivity contribution in [2.24, 2.45) is 0 Å². The van der Waals surface area contributed by atoms with Crippen LogP contribution in [0.1, 0.15) is 36.5 Å². The van der Waals surface area contributed by atoms with Crippen molar-refractivity contribution in [1.29, 1.82) is 0 Å². The molecule has 0 saturated heterocycles. The third-order valence-corrected chi connectivity index (χ3v) is 3.42. The molecule has 1 aromatic rings. The minimum Gasteiger partial charge on any atom is -0.376 e. The van der Waals surface area contributed by atoms with Gasteiger partial charge in [-0.25, -0.2) is 0 Å². The van der Waals surface area contributed by atoms with Gasteiger partial charge in [-0.15, -0.1) is 0 Å². The molecule has 1 atom stereocenters. The molecule has 0 saturated carbocycles. The molecule has 1 aliphatic carbocycles. The van der Waals surface area contributed by atoms with Gasteiger partial charge in [0.2, 0.25) is 0 Å². The molecule has 0 aromatic heterocycles. The van der Waals surface area contributed by atoms with E-state index in [1.165, 1.54) is 12.1 Å². The molecule has 112 valence electrons. The van der Waals surface area contributed by atoms with E-state index in [9.17, 15) is 14.9 Å². The molecule has 0 spiro atoms. The van der Waals surface area contributed by atoms with Crippen molar-refractivity contribution >= 4 is 17.3 Å². The molecule has 21 heavy (non-hydrogen) atoms. The summed E-state index contributed by atoms with van der Waals surface area (Å²) in [4.78, 5) is 22.5. The molecule has 1 aliphatic rings. The molecule has 0 aliphatic heterocycles. The molecule has 0 fully saturated rings. The van der Waals surface area contributed by atoms with E-state index in [4.69, 9.17) is 0 Å². The number of hydrogen-bond acceptors (Lipinski definition) is 4. The van der Waals surface area contributed by atoms with Crippen LogP contribution in [0.15, 0.2) is 30.4 Å². The first kappa shape index (κ1) is 15.0. The Morgan fingerprint density at radius 1 is 1.43 bits per heavy atom. The molecule has 1 amide bonds. The molecule has 0 bridgehead atoms. The molecule has 6 nitrogen and oxygen atoms in total. The molecule has 2 rings (SSSR count). The van der Waals surface area contributed by atoms with E-state index in [1.807, 2.05) is 6.92 Å². The maximum absolute atomic E-state index is 11.9. The molecule has 1 unspecified atom stereocenters. The SMILES string of the molecule is CCNC(=O)c1ccc([N+](=O)[O-])c(NC2CC=CCC2)c1. The lowest BCUT2D eigenvalue weighted by molar-refractivity contribution is -0.384. The Hall–Kier alpha value is -2.37. The van der Waals surface area contributed by atoms with Crippen LogP contribution in [0.25, 0.3) is 0 Å². The van der Waals surface area contributed by atoms with Crippen LogP contribution in [0, 0.1) is 10.1 Å². The van der Waals surface area contributed by atoms with E-state index in [1.54, 1.807) is 6.07 Å². The lowest BCUT2D eigenvalue weighted by Gasteiger charge is -2.20. The van der Waals surface area contributed by atoms with Crippen molar-refractivity contribution in [3.05, 3.63) is 46.0 Å². The summed E-state index contributed by atoms with van der Waals surface area (Å²) in [6.45, 7) is 2.35. The fourth-order valence-corrected chi connectivity index (χ4v) is 2.36. The van der Waals surface area contributed by atoms with Gasteiger partial charge >= 0.3 is 0 Å². The summed E-state index contributed by atoms with van der Waals surface area (Å²) in [6.07, 6.45) is 6.90. The van der Waals surface area contributed by atoms with Crippen LogP contribution in [0.3, 0.4) is 0 Å². The lowest BCUT2D eigenvalue weighted by atomic mass is 10.0. The van der Waals surface area contributed by atoms with Gasteiger partial charge in [0.25, 0.3) is 11.6 Å². The van der Waals surface area contributed by atoms with E-state index in [2.05, 4.69) is 22.8 Å².